The predicted octanol–water partition coefficient (Wildman–Crippen LogP) is 1.78. The van der Waals surface area contributed by atoms with Crippen LogP contribution in [0, 0.1) is 12.8 Å². The largest absolute Gasteiger partial charge is 0.349 e. The van der Waals surface area contributed by atoms with E-state index in [9.17, 15) is 13.2 Å². The second kappa shape index (κ2) is 7.33. The molecule has 1 aromatic carbocycles. The summed E-state index contributed by atoms with van der Waals surface area (Å²) in [6.07, 6.45) is 4.97. The number of nitrogens with one attached hydrogen (secondary N) is 1. The Balaban J connectivity index is 1.75. The van der Waals surface area contributed by atoms with Gasteiger partial charge in [-0.25, -0.2) is 8.42 Å². The average Bonchev–Trinajstić information content (AvgIpc) is 2.94. The second-order valence-corrected chi connectivity index (χ2v) is 9.12. The topological polar surface area (TPSA) is 92.5 Å². The van der Waals surface area contributed by atoms with Crippen LogP contribution in [-0.2, 0) is 10.0 Å². The van der Waals surface area contributed by atoms with Crippen molar-refractivity contribution in [1.82, 2.24) is 5.32 Å². The lowest BCUT2D eigenvalue weighted by Crippen LogP contribution is -2.44. The highest BCUT2D eigenvalue weighted by Crippen LogP contribution is 2.28. The summed E-state index contributed by atoms with van der Waals surface area (Å²) in [4.78, 5) is 12.6. The Hall–Kier alpha value is -1.60. The van der Waals surface area contributed by atoms with Gasteiger partial charge in [0.2, 0.25) is 10.0 Å². The normalized spacial score (nSPS) is 25.8. The van der Waals surface area contributed by atoms with Crippen molar-refractivity contribution in [3.63, 3.8) is 0 Å². The number of hydrogen-bond donors (Lipinski definition) is 2. The molecule has 7 heteroatoms. The van der Waals surface area contributed by atoms with Gasteiger partial charge in [-0.2, -0.15) is 0 Å². The first-order valence-corrected chi connectivity index (χ1v) is 10.7. The first-order valence-electron chi connectivity index (χ1n) is 9.04. The van der Waals surface area contributed by atoms with Crippen LogP contribution in [0.2, 0.25) is 0 Å². The van der Waals surface area contributed by atoms with Crippen LogP contribution >= 0.6 is 0 Å². The molecule has 6 nitrogen and oxygen atoms in total. The second-order valence-electron chi connectivity index (χ2n) is 7.10. The standard InChI is InChI=1S/C18H27N3O3S/c1-13-11-14(7-8-17(13)21-9-4-10-25(21,23)24)18(22)20-16-6-3-2-5-15(16)12-19/h7-8,11,15-16H,2-6,9-10,12,19H2,1H3,(H,20,22). The Morgan fingerprint density at radius 1 is 1.28 bits per heavy atom. The summed E-state index contributed by atoms with van der Waals surface area (Å²) in [6, 6.07) is 5.36. The van der Waals surface area contributed by atoms with E-state index < -0.39 is 10.0 Å². The molecule has 3 N–H and O–H groups in total. The SMILES string of the molecule is Cc1cc(C(=O)NC2CCCCC2CN)ccc1N1CCCS1(=O)=O. The van der Waals surface area contributed by atoms with Crippen molar-refractivity contribution in [2.24, 2.45) is 11.7 Å². The molecule has 0 aromatic heterocycles. The zero-order chi connectivity index (χ0) is 18.0. The van der Waals surface area contributed by atoms with E-state index in [2.05, 4.69) is 5.32 Å². The van der Waals surface area contributed by atoms with Gasteiger partial charge in [-0.05, 0) is 62.4 Å². The lowest BCUT2D eigenvalue weighted by Gasteiger charge is -2.31. The van der Waals surface area contributed by atoms with Crippen molar-refractivity contribution in [2.45, 2.75) is 45.1 Å². The van der Waals surface area contributed by atoms with Crippen LogP contribution in [0.15, 0.2) is 18.2 Å². The molecular weight excluding hydrogens is 338 g/mol. The van der Waals surface area contributed by atoms with Gasteiger partial charge in [-0.3, -0.25) is 9.10 Å². The Morgan fingerprint density at radius 2 is 2.04 bits per heavy atom. The summed E-state index contributed by atoms with van der Waals surface area (Å²) < 4.78 is 25.7. The third kappa shape index (κ3) is 3.82. The number of amides is 1. The fourth-order valence-corrected chi connectivity index (χ4v) is 5.54. The molecule has 1 saturated heterocycles. The number of nitrogens with zero attached hydrogens (tertiary/aromatic N) is 1. The van der Waals surface area contributed by atoms with E-state index >= 15 is 0 Å². The number of carbonyl (C=O) groups is 1. The minimum atomic E-state index is -3.21. The number of aryl methyl sites for hydroxylation is 1. The molecule has 0 spiro atoms. The Labute approximate surface area is 149 Å². The van der Waals surface area contributed by atoms with Crippen molar-refractivity contribution in [3.8, 4) is 0 Å². The molecule has 1 aromatic rings. The van der Waals surface area contributed by atoms with Gasteiger partial charge in [0.1, 0.15) is 0 Å². The van der Waals surface area contributed by atoms with Crippen molar-refractivity contribution >= 4 is 21.6 Å². The van der Waals surface area contributed by atoms with Crippen molar-refractivity contribution in [1.29, 1.82) is 0 Å². The van der Waals surface area contributed by atoms with Gasteiger partial charge >= 0.3 is 0 Å². The number of sulfonamides is 1. The molecule has 2 unspecified atom stereocenters. The van der Waals surface area contributed by atoms with E-state index in [1.54, 1.807) is 18.2 Å². The van der Waals surface area contributed by atoms with Gasteiger partial charge in [0.25, 0.3) is 5.91 Å². The first-order chi connectivity index (χ1) is 11.9. The molecule has 2 atom stereocenters. The highest BCUT2D eigenvalue weighted by Gasteiger charge is 2.30. The van der Waals surface area contributed by atoms with Crippen LogP contribution in [-0.4, -0.2) is 39.2 Å². The van der Waals surface area contributed by atoms with Crippen LogP contribution in [0.25, 0.3) is 0 Å². The van der Waals surface area contributed by atoms with Crippen LogP contribution in [0.1, 0.15) is 48.0 Å². The Bertz CT molecular complexity index is 748. The molecule has 2 fully saturated rings. The predicted molar refractivity (Wildman–Crippen MR) is 99.2 cm³/mol. The van der Waals surface area contributed by atoms with Crippen LogP contribution < -0.4 is 15.4 Å². The number of carbonyl (C=O) groups excluding carboxylic acids is 1. The van der Waals surface area contributed by atoms with E-state index in [0.29, 0.717) is 36.7 Å². The van der Waals surface area contributed by atoms with Crippen LogP contribution in [0.4, 0.5) is 5.69 Å². The lowest BCUT2D eigenvalue weighted by atomic mass is 9.84. The third-order valence-electron chi connectivity index (χ3n) is 5.36. The molecule has 1 aliphatic carbocycles. The number of rotatable bonds is 4. The van der Waals surface area contributed by atoms with E-state index in [1.165, 1.54) is 10.7 Å². The van der Waals surface area contributed by atoms with Crippen molar-refractivity contribution in [3.05, 3.63) is 29.3 Å². The Kier molecular flexibility index (Phi) is 5.34. The summed E-state index contributed by atoms with van der Waals surface area (Å²) in [6.45, 7) is 2.95. The number of benzene rings is 1. The van der Waals surface area contributed by atoms with Gasteiger partial charge in [-0.15, -0.1) is 0 Å². The van der Waals surface area contributed by atoms with E-state index in [0.717, 1.165) is 24.8 Å². The highest BCUT2D eigenvalue weighted by molar-refractivity contribution is 7.93. The van der Waals surface area contributed by atoms with Crippen molar-refractivity contribution in [2.75, 3.05) is 23.1 Å². The lowest BCUT2D eigenvalue weighted by molar-refractivity contribution is 0.0908. The summed E-state index contributed by atoms with van der Waals surface area (Å²) in [5, 5.41) is 3.12. The van der Waals surface area contributed by atoms with Gasteiger partial charge in [-0.1, -0.05) is 12.8 Å². The van der Waals surface area contributed by atoms with E-state index in [-0.39, 0.29) is 17.7 Å². The molecule has 1 amide bonds. The maximum absolute atomic E-state index is 12.6. The molecule has 1 heterocycles. The average molecular weight is 365 g/mol. The minimum absolute atomic E-state index is 0.107. The number of hydrogen-bond acceptors (Lipinski definition) is 4. The molecule has 1 aliphatic heterocycles. The van der Waals surface area contributed by atoms with Gasteiger partial charge in [0.05, 0.1) is 11.4 Å². The van der Waals surface area contributed by atoms with Gasteiger partial charge in [0.15, 0.2) is 0 Å². The van der Waals surface area contributed by atoms with E-state index in [4.69, 9.17) is 5.73 Å². The van der Waals surface area contributed by atoms with Gasteiger partial charge in [0, 0.05) is 18.2 Å². The van der Waals surface area contributed by atoms with Crippen LogP contribution in [0.5, 0.6) is 0 Å². The zero-order valence-corrected chi connectivity index (χ0v) is 15.5. The molecule has 0 radical (unpaired) electrons. The van der Waals surface area contributed by atoms with Crippen molar-refractivity contribution < 1.29 is 13.2 Å². The maximum Gasteiger partial charge on any atom is 0.251 e. The monoisotopic (exact) mass is 365 g/mol. The first kappa shape index (κ1) is 18.2. The summed E-state index contributed by atoms with van der Waals surface area (Å²) in [7, 11) is -3.21. The molecule has 25 heavy (non-hydrogen) atoms. The van der Waals surface area contributed by atoms with E-state index in [1.807, 2.05) is 6.92 Å². The molecule has 138 valence electrons. The van der Waals surface area contributed by atoms with Crippen LogP contribution in [0.3, 0.4) is 0 Å². The number of nitrogens with two attached hydrogens (primary N) is 1. The minimum Gasteiger partial charge on any atom is -0.349 e. The summed E-state index contributed by atoms with van der Waals surface area (Å²) >= 11 is 0. The quantitative estimate of drug-likeness (QED) is 0.851. The molecule has 0 bridgehead atoms. The molecule has 3 rings (SSSR count). The molecule has 1 saturated carbocycles. The molecular formula is C18H27N3O3S. The highest BCUT2D eigenvalue weighted by atomic mass is 32.2. The summed E-state index contributed by atoms with van der Waals surface area (Å²) in [5.74, 6) is 0.425. The fourth-order valence-electron chi connectivity index (χ4n) is 3.92. The fraction of sp³-hybridized carbons (Fsp3) is 0.611. The zero-order valence-electron chi connectivity index (χ0n) is 14.7. The number of anilines is 1. The maximum atomic E-state index is 12.6. The third-order valence-corrected chi connectivity index (χ3v) is 7.21. The molecule has 2 aliphatic rings. The van der Waals surface area contributed by atoms with Gasteiger partial charge < -0.3 is 11.1 Å². The summed E-state index contributed by atoms with van der Waals surface area (Å²) in [5.41, 5.74) is 7.88. The smallest absolute Gasteiger partial charge is 0.251 e. The Morgan fingerprint density at radius 3 is 2.68 bits per heavy atom.